The van der Waals surface area contributed by atoms with Crippen molar-refractivity contribution < 1.29 is 29.3 Å². The molecule has 2 bridgehead atoms. The molecular formula is C35H43ClN2O6. The van der Waals surface area contributed by atoms with E-state index in [-0.39, 0.29) is 17.1 Å². The van der Waals surface area contributed by atoms with Gasteiger partial charge in [-0.25, -0.2) is 4.79 Å². The highest BCUT2D eigenvalue weighted by atomic mass is 35.5. The average molecular weight is 623 g/mol. The van der Waals surface area contributed by atoms with Gasteiger partial charge in [0.15, 0.2) is 5.60 Å². The molecule has 2 heterocycles. The van der Waals surface area contributed by atoms with E-state index < -0.39 is 23.9 Å². The Labute approximate surface area is 264 Å². The number of halogens is 1. The smallest absolute Gasteiger partial charge is 0.340 e. The van der Waals surface area contributed by atoms with E-state index in [9.17, 15) is 19.8 Å². The van der Waals surface area contributed by atoms with E-state index in [1.54, 1.807) is 32.4 Å². The average Bonchev–Trinajstić information content (AvgIpc) is 3.14. The minimum absolute atomic E-state index is 0.00133. The maximum atomic E-state index is 13.2. The highest BCUT2D eigenvalue weighted by Crippen LogP contribution is 2.47. The lowest BCUT2D eigenvalue weighted by Gasteiger charge is -2.46. The van der Waals surface area contributed by atoms with Crippen molar-refractivity contribution in [2.45, 2.75) is 68.5 Å². The molecule has 5 atom stereocenters. The first-order valence-corrected chi connectivity index (χ1v) is 16.2. The predicted octanol–water partition coefficient (Wildman–Crippen LogP) is 5.33. The third-order valence-corrected chi connectivity index (χ3v) is 10.8. The van der Waals surface area contributed by atoms with Crippen molar-refractivity contribution in [3.05, 3.63) is 70.3 Å². The molecule has 0 radical (unpaired) electrons. The zero-order chi connectivity index (χ0) is 31.1. The maximum absolute atomic E-state index is 13.2. The van der Waals surface area contributed by atoms with E-state index >= 15 is 0 Å². The number of benzene rings is 2. The number of hydrogen-bond acceptors (Lipinski definition) is 6. The first-order valence-electron chi connectivity index (χ1n) is 15.8. The number of carbonyl (C=O) groups is 2. The second kappa shape index (κ2) is 12.4. The van der Waals surface area contributed by atoms with E-state index in [2.05, 4.69) is 29.2 Å². The van der Waals surface area contributed by atoms with Gasteiger partial charge < -0.3 is 29.5 Å². The van der Waals surface area contributed by atoms with Crippen molar-refractivity contribution in [1.29, 1.82) is 0 Å². The molecule has 2 aromatic carbocycles. The molecule has 9 heteroatoms. The van der Waals surface area contributed by atoms with Crippen LogP contribution in [0.3, 0.4) is 0 Å². The number of ether oxygens (including phenoxy) is 2. The fraction of sp³-hybridized carbons (Fsp3) is 0.543. The molecule has 0 saturated heterocycles. The number of hydrogen-bond donors (Lipinski definition) is 2. The molecule has 44 heavy (non-hydrogen) atoms. The molecule has 1 amide bonds. The van der Waals surface area contributed by atoms with Crippen LogP contribution in [0.2, 0.25) is 5.02 Å². The Morgan fingerprint density at radius 2 is 2.00 bits per heavy atom. The Morgan fingerprint density at radius 1 is 1.16 bits per heavy atom. The minimum atomic E-state index is -2.38. The van der Waals surface area contributed by atoms with Gasteiger partial charge >= 0.3 is 5.97 Å². The minimum Gasteiger partial charge on any atom is -0.490 e. The normalized spacial score (nSPS) is 31.5. The molecule has 6 rings (SSSR count). The van der Waals surface area contributed by atoms with Crippen molar-refractivity contribution in [3.63, 3.8) is 0 Å². The predicted molar refractivity (Wildman–Crippen MR) is 169 cm³/mol. The summed E-state index contributed by atoms with van der Waals surface area (Å²) in [6, 6.07) is 11.3. The number of carboxylic acids is 1. The lowest BCUT2D eigenvalue weighted by atomic mass is 9.68. The number of aliphatic hydroxyl groups is 1. The van der Waals surface area contributed by atoms with Crippen LogP contribution in [0, 0.1) is 11.8 Å². The monoisotopic (exact) mass is 622 g/mol. The van der Waals surface area contributed by atoms with Gasteiger partial charge in [0.25, 0.3) is 0 Å². The summed E-state index contributed by atoms with van der Waals surface area (Å²) in [5, 5.41) is 22.6. The van der Waals surface area contributed by atoms with Crippen LogP contribution in [0.4, 0.5) is 5.69 Å². The maximum Gasteiger partial charge on any atom is 0.340 e. The third-order valence-electron chi connectivity index (χ3n) is 10.5. The first kappa shape index (κ1) is 30.9. The molecule has 2 aliphatic heterocycles. The van der Waals surface area contributed by atoms with Crippen molar-refractivity contribution in [3.8, 4) is 5.75 Å². The number of allylic oxidation sites excluding steroid dienone is 1. The van der Waals surface area contributed by atoms with Gasteiger partial charge in [-0.3, -0.25) is 4.79 Å². The van der Waals surface area contributed by atoms with Gasteiger partial charge in [0.05, 0.1) is 24.8 Å². The molecule has 2 aromatic rings. The van der Waals surface area contributed by atoms with E-state index in [0.29, 0.717) is 37.3 Å². The summed E-state index contributed by atoms with van der Waals surface area (Å²) in [6.07, 6.45) is 10.3. The summed E-state index contributed by atoms with van der Waals surface area (Å²) >= 11 is 6.42. The number of rotatable bonds is 2. The van der Waals surface area contributed by atoms with Crippen molar-refractivity contribution in [1.82, 2.24) is 4.90 Å². The standard InChI is InChI=1S/C35H43ClN2O6/c1-37-16-5-3-4-8-30(43-2)27-12-9-24(27)20-38-21-34(15-6-7-23-17-26(36)11-13-28(23)34)22-44-31-14-10-25(18-29(31)38)35(42,33(40)41)19-32(37)39/h4,8,10-11,13-14,17-18,24,27,30,42H,3,5-7,9,12,15-16,19-22H2,1-2H3,(H,40,41)/b8-4+/t24-,27+,30-,34-,35-/m0/s1. The summed E-state index contributed by atoms with van der Waals surface area (Å²) < 4.78 is 12.6. The van der Waals surface area contributed by atoms with Crippen LogP contribution >= 0.6 is 11.6 Å². The largest absolute Gasteiger partial charge is 0.490 e. The lowest BCUT2D eigenvalue weighted by molar-refractivity contribution is -0.164. The zero-order valence-electron chi connectivity index (χ0n) is 25.6. The van der Waals surface area contributed by atoms with E-state index in [0.717, 1.165) is 62.2 Å². The number of carboxylic acid groups (broad SMARTS) is 1. The number of anilines is 1. The van der Waals surface area contributed by atoms with Crippen molar-refractivity contribution in [2.24, 2.45) is 11.8 Å². The summed E-state index contributed by atoms with van der Waals surface area (Å²) in [6.45, 7) is 2.37. The summed E-state index contributed by atoms with van der Waals surface area (Å²) in [4.78, 5) is 29.7. The zero-order valence-corrected chi connectivity index (χ0v) is 26.4. The van der Waals surface area contributed by atoms with Gasteiger partial charge in [-0.1, -0.05) is 35.9 Å². The van der Waals surface area contributed by atoms with Gasteiger partial charge in [-0.15, -0.1) is 0 Å². The van der Waals surface area contributed by atoms with Crippen molar-refractivity contribution >= 4 is 29.2 Å². The Morgan fingerprint density at radius 3 is 2.75 bits per heavy atom. The van der Waals surface area contributed by atoms with Gasteiger partial charge in [0, 0.05) is 44.2 Å². The van der Waals surface area contributed by atoms with Crippen LogP contribution in [-0.4, -0.2) is 73.5 Å². The van der Waals surface area contributed by atoms with Gasteiger partial charge in [-0.2, -0.15) is 0 Å². The number of methoxy groups -OCH3 is 1. The summed E-state index contributed by atoms with van der Waals surface area (Å²) in [5.41, 5.74) is 0.773. The van der Waals surface area contributed by atoms with Crippen LogP contribution in [-0.2, 0) is 31.8 Å². The number of aliphatic carboxylic acids is 1. The van der Waals surface area contributed by atoms with Crippen LogP contribution in [0.15, 0.2) is 48.6 Å². The Hall–Kier alpha value is -3.07. The molecule has 236 valence electrons. The number of aryl methyl sites for hydroxylation is 1. The third kappa shape index (κ3) is 5.72. The highest BCUT2D eigenvalue weighted by molar-refractivity contribution is 6.30. The first-order chi connectivity index (χ1) is 21.1. The van der Waals surface area contributed by atoms with Crippen LogP contribution < -0.4 is 9.64 Å². The molecule has 0 unspecified atom stereocenters. The summed E-state index contributed by atoms with van der Waals surface area (Å²) in [5.74, 6) is -0.490. The second-order valence-electron chi connectivity index (χ2n) is 13.2. The van der Waals surface area contributed by atoms with Crippen LogP contribution in [0.5, 0.6) is 5.75 Å². The van der Waals surface area contributed by atoms with Gasteiger partial charge in [-0.05, 0) is 97.7 Å². The van der Waals surface area contributed by atoms with Crippen molar-refractivity contribution in [2.75, 3.05) is 45.3 Å². The second-order valence-corrected chi connectivity index (χ2v) is 13.7. The highest BCUT2D eigenvalue weighted by Gasteiger charge is 2.46. The van der Waals surface area contributed by atoms with E-state index in [1.807, 2.05) is 6.07 Å². The number of fused-ring (bicyclic) bond motifs is 4. The molecular weight excluding hydrogens is 580 g/mol. The van der Waals surface area contributed by atoms with Gasteiger partial charge in [0.2, 0.25) is 5.91 Å². The topological polar surface area (TPSA) is 99.5 Å². The molecule has 0 aromatic heterocycles. The number of nitrogens with zero attached hydrogens (tertiary/aromatic N) is 2. The van der Waals surface area contributed by atoms with E-state index in [4.69, 9.17) is 21.1 Å². The lowest BCUT2D eigenvalue weighted by Crippen LogP contribution is -2.49. The Balaban J connectivity index is 1.45. The molecule has 4 aliphatic rings. The van der Waals surface area contributed by atoms with Crippen LogP contribution in [0.1, 0.15) is 61.6 Å². The van der Waals surface area contributed by atoms with Crippen LogP contribution in [0.25, 0.3) is 0 Å². The number of carbonyl (C=O) groups excluding carboxylic acids is 1. The summed E-state index contributed by atoms with van der Waals surface area (Å²) in [7, 11) is 3.42. The Bertz CT molecular complexity index is 1450. The SMILES string of the molecule is CO[C@H]1/C=C/CCCN(C)C(=O)C[C@@](O)(C(=O)O)c2ccc3c(c2)N(C[C@@H]2CC[C@H]21)C[C@@]1(CCCc2cc(Cl)ccc21)CO3. The fourth-order valence-corrected chi connectivity index (χ4v) is 7.96. The molecule has 1 spiro atoms. The van der Waals surface area contributed by atoms with Gasteiger partial charge in [0.1, 0.15) is 5.75 Å². The molecule has 1 fully saturated rings. The fourth-order valence-electron chi connectivity index (χ4n) is 7.76. The molecule has 2 N–H and O–H groups in total. The number of amides is 1. The van der Waals surface area contributed by atoms with E-state index in [1.165, 1.54) is 16.0 Å². The quantitative estimate of drug-likeness (QED) is 0.437. The molecule has 1 saturated carbocycles. The molecule has 2 aliphatic carbocycles. The molecule has 8 nitrogen and oxygen atoms in total. The Kier molecular flexibility index (Phi) is 8.70.